The van der Waals surface area contributed by atoms with E-state index in [-0.39, 0.29) is 18.4 Å². The summed E-state index contributed by atoms with van der Waals surface area (Å²) in [6.45, 7) is 3.66. The molecule has 0 aliphatic rings. The van der Waals surface area contributed by atoms with Gasteiger partial charge in [0.15, 0.2) is 6.61 Å². The lowest BCUT2D eigenvalue weighted by Crippen LogP contribution is -2.27. The molecule has 1 N–H and O–H groups in total. The number of amides is 2. The smallest absolute Gasteiger partial charge is 0.259 e. The Bertz CT molecular complexity index is 1010. The van der Waals surface area contributed by atoms with Crippen LogP contribution >= 0.6 is 0 Å². The van der Waals surface area contributed by atoms with Crippen LogP contribution in [-0.2, 0) is 4.79 Å². The highest BCUT2D eigenvalue weighted by Crippen LogP contribution is 2.21. The number of carbonyl (C=O) groups is 2. The Morgan fingerprint density at radius 3 is 2.31 bits per heavy atom. The Hall–Kier alpha value is -3.61. The van der Waals surface area contributed by atoms with Gasteiger partial charge in [-0.2, -0.15) is 5.10 Å². The summed E-state index contributed by atoms with van der Waals surface area (Å²) in [5.74, 6) is 0.213. The summed E-state index contributed by atoms with van der Waals surface area (Å²) in [5, 5.41) is 7.40. The fourth-order valence-corrected chi connectivity index (χ4v) is 2.89. The van der Waals surface area contributed by atoms with Gasteiger partial charge < -0.3 is 15.0 Å². The van der Waals surface area contributed by atoms with E-state index in [1.807, 2.05) is 44.2 Å². The number of hydrogen-bond acceptors (Lipinski definition) is 4. The van der Waals surface area contributed by atoms with Crippen molar-refractivity contribution in [1.82, 2.24) is 14.7 Å². The molecule has 0 spiro atoms. The third-order valence-electron chi connectivity index (χ3n) is 4.49. The average molecular weight is 392 g/mol. The number of aryl methyl sites for hydroxylation is 1. The molecule has 0 atom stereocenters. The van der Waals surface area contributed by atoms with Gasteiger partial charge in [-0.1, -0.05) is 18.2 Å². The van der Waals surface area contributed by atoms with E-state index in [0.29, 0.717) is 22.7 Å². The third kappa shape index (κ3) is 4.63. The highest BCUT2D eigenvalue weighted by molar-refractivity contribution is 6.06. The molecule has 7 nitrogen and oxygen atoms in total. The van der Waals surface area contributed by atoms with E-state index in [2.05, 4.69) is 10.4 Å². The van der Waals surface area contributed by atoms with Crippen molar-refractivity contribution in [3.8, 4) is 11.4 Å². The molecule has 0 unspecified atom stereocenters. The molecule has 7 heteroatoms. The standard InChI is InChI=1S/C22H24N4O3/c1-15-21(16(2)26(24-15)18-8-6-5-7-9-18)22(28)23-17-10-12-19(13-11-17)29-14-20(27)25(3)4/h5-13H,14H2,1-4H3,(H,23,28). The molecule has 0 aliphatic carbocycles. The maximum atomic E-state index is 12.8. The highest BCUT2D eigenvalue weighted by atomic mass is 16.5. The quantitative estimate of drug-likeness (QED) is 0.699. The second kappa shape index (κ2) is 8.60. The van der Waals surface area contributed by atoms with E-state index in [1.165, 1.54) is 4.90 Å². The average Bonchev–Trinajstić information content (AvgIpc) is 3.01. The number of para-hydroxylation sites is 1. The minimum absolute atomic E-state index is 0.0320. The van der Waals surface area contributed by atoms with Crippen LogP contribution in [0.1, 0.15) is 21.7 Å². The summed E-state index contributed by atoms with van der Waals surface area (Å²) in [7, 11) is 3.35. The summed E-state index contributed by atoms with van der Waals surface area (Å²) in [4.78, 5) is 25.9. The van der Waals surface area contributed by atoms with Gasteiger partial charge in [0.2, 0.25) is 0 Å². The Morgan fingerprint density at radius 1 is 1.03 bits per heavy atom. The van der Waals surface area contributed by atoms with E-state index in [4.69, 9.17) is 4.74 Å². The molecule has 0 saturated carbocycles. The van der Waals surface area contributed by atoms with Crippen molar-refractivity contribution in [2.75, 3.05) is 26.0 Å². The molecule has 0 saturated heterocycles. The molecular formula is C22H24N4O3. The van der Waals surface area contributed by atoms with Gasteiger partial charge in [0.1, 0.15) is 5.75 Å². The fraction of sp³-hybridized carbons (Fsp3) is 0.227. The molecule has 150 valence electrons. The molecule has 1 heterocycles. The van der Waals surface area contributed by atoms with Crippen molar-refractivity contribution in [3.05, 3.63) is 71.5 Å². The van der Waals surface area contributed by atoms with Crippen molar-refractivity contribution in [2.45, 2.75) is 13.8 Å². The summed E-state index contributed by atoms with van der Waals surface area (Å²) >= 11 is 0. The van der Waals surface area contributed by atoms with Crippen molar-refractivity contribution in [3.63, 3.8) is 0 Å². The zero-order valence-electron chi connectivity index (χ0n) is 17.0. The van der Waals surface area contributed by atoms with Crippen LogP contribution in [0.3, 0.4) is 0 Å². The minimum atomic E-state index is -0.223. The van der Waals surface area contributed by atoms with Crippen LogP contribution < -0.4 is 10.1 Å². The predicted molar refractivity (Wildman–Crippen MR) is 112 cm³/mol. The summed E-state index contributed by atoms with van der Waals surface area (Å²) in [6.07, 6.45) is 0. The molecule has 0 aliphatic heterocycles. The third-order valence-corrected chi connectivity index (χ3v) is 4.49. The lowest BCUT2D eigenvalue weighted by atomic mass is 10.1. The van der Waals surface area contributed by atoms with Gasteiger partial charge in [-0.25, -0.2) is 4.68 Å². The number of rotatable bonds is 6. The Kier molecular flexibility index (Phi) is 5.97. The largest absolute Gasteiger partial charge is 0.484 e. The lowest BCUT2D eigenvalue weighted by Gasteiger charge is -2.12. The van der Waals surface area contributed by atoms with Gasteiger partial charge in [0.25, 0.3) is 11.8 Å². The molecule has 29 heavy (non-hydrogen) atoms. The van der Waals surface area contributed by atoms with Crippen LogP contribution in [0, 0.1) is 13.8 Å². The van der Waals surface area contributed by atoms with Crippen LogP contribution in [0.2, 0.25) is 0 Å². The van der Waals surface area contributed by atoms with E-state index < -0.39 is 0 Å². The summed E-state index contributed by atoms with van der Waals surface area (Å²) < 4.78 is 7.21. The molecule has 1 aromatic heterocycles. The number of carbonyl (C=O) groups excluding carboxylic acids is 2. The first-order valence-corrected chi connectivity index (χ1v) is 9.23. The second-order valence-corrected chi connectivity index (χ2v) is 6.85. The van der Waals surface area contributed by atoms with E-state index in [1.54, 1.807) is 43.0 Å². The van der Waals surface area contributed by atoms with E-state index >= 15 is 0 Å². The topological polar surface area (TPSA) is 76.5 Å². The molecule has 2 aromatic carbocycles. The molecular weight excluding hydrogens is 368 g/mol. The molecule has 3 aromatic rings. The van der Waals surface area contributed by atoms with Crippen LogP contribution in [0.5, 0.6) is 5.75 Å². The number of hydrogen-bond donors (Lipinski definition) is 1. The molecule has 0 radical (unpaired) electrons. The van der Waals surface area contributed by atoms with Crippen molar-refractivity contribution in [1.29, 1.82) is 0 Å². The minimum Gasteiger partial charge on any atom is -0.484 e. The number of aromatic nitrogens is 2. The number of ether oxygens (including phenoxy) is 1. The zero-order chi connectivity index (χ0) is 21.0. The first-order valence-electron chi connectivity index (χ1n) is 9.23. The van der Waals surface area contributed by atoms with Gasteiger partial charge in [0.05, 0.1) is 22.6 Å². The van der Waals surface area contributed by atoms with Gasteiger partial charge in [-0.15, -0.1) is 0 Å². The van der Waals surface area contributed by atoms with Gasteiger partial charge in [-0.05, 0) is 50.2 Å². The monoisotopic (exact) mass is 392 g/mol. The van der Waals surface area contributed by atoms with Gasteiger partial charge in [0, 0.05) is 19.8 Å². The predicted octanol–water partition coefficient (Wildman–Crippen LogP) is 3.21. The van der Waals surface area contributed by atoms with Crippen molar-refractivity contribution in [2.24, 2.45) is 0 Å². The number of nitrogens with one attached hydrogen (secondary N) is 1. The Labute approximate surface area is 169 Å². The lowest BCUT2D eigenvalue weighted by molar-refractivity contribution is -0.130. The fourth-order valence-electron chi connectivity index (χ4n) is 2.89. The first kappa shape index (κ1) is 20.1. The van der Waals surface area contributed by atoms with Gasteiger partial charge in [-0.3, -0.25) is 9.59 Å². The normalized spacial score (nSPS) is 10.5. The van der Waals surface area contributed by atoms with Crippen molar-refractivity contribution < 1.29 is 14.3 Å². The highest BCUT2D eigenvalue weighted by Gasteiger charge is 2.19. The molecule has 3 rings (SSSR count). The van der Waals surface area contributed by atoms with Crippen LogP contribution in [0.25, 0.3) is 5.69 Å². The Balaban J connectivity index is 1.71. The maximum absolute atomic E-state index is 12.8. The van der Waals surface area contributed by atoms with Crippen LogP contribution in [0.4, 0.5) is 5.69 Å². The SMILES string of the molecule is Cc1nn(-c2ccccc2)c(C)c1C(=O)Nc1ccc(OCC(=O)N(C)C)cc1. The summed E-state index contributed by atoms with van der Waals surface area (Å²) in [6, 6.07) is 16.6. The number of anilines is 1. The number of nitrogens with zero attached hydrogens (tertiary/aromatic N) is 3. The van der Waals surface area contributed by atoms with E-state index in [0.717, 1.165) is 11.4 Å². The van der Waals surface area contributed by atoms with Gasteiger partial charge >= 0.3 is 0 Å². The van der Waals surface area contributed by atoms with Crippen LogP contribution in [-0.4, -0.2) is 47.2 Å². The van der Waals surface area contributed by atoms with E-state index in [9.17, 15) is 9.59 Å². The summed E-state index contributed by atoms with van der Waals surface area (Å²) in [5.41, 5.74) is 3.51. The molecule has 0 bridgehead atoms. The zero-order valence-corrected chi connectivity index (χ0v) is 17.0. The number of benzene rings is 2. The maximum Gasteiger partial charge on any atom is 0.259 e. The Morgan fingerprint density at radius 2 is 1.69 bits per heavy atom. The second-order valence-electron chi connectivity index (χ2n) is 6.85. The molecule has 2 amide bonds. The van der Waals surface area contributed by atoms with Crippen molar-refractivity contribution >= 4 is 17.5 Å². The molecule has 0 fully saturated rings. The first-order chi connectivity index (χ1) is 13.9. The number of likely N-dealkylation sites (N-methyl/N-ethyl adjacent to an activating group) is 1. The van der Waals surface area contributed by atoms with Crippen LogP contribution in [0.15, 0.2) is 54.6 Å².